The van der Waals surface area contributed by atoms with Gasteiger partial charge in [0.1, 0.15) is 18.8 Å². The summed E-state index contributed by atoms with van der Waals surface area (Å²) in [5.74, 6) is -3.11. The molecule has 0 saturated carbocycles. The van der Waals surface area contributed by atoms with Crippen LogP contribution < -0.4 is 0 Å². The predicted octanol–water partition coefficient (Wildman–Crippen LogP) is 16.6. The quantitative estimate of drug-likeness (QED) is 0.0228. The van der Waals surface area contributed by atoms with Gasteiger partial charge in [-0.25, -0.2) is 4.79 Å². The molecular weight excluding hydrogens is 973 g/mol. The van der Waals surface area contributed by atoms with Gasteiger partial charge in [-0.2, -0.15) is 0 Å². The number of hydrogen-bond acceptors (Lipinski definition) is 11. The first-order valence-electron chi connectivity index (χ1n) is 31.6. The lowest BCUT2D eigenvalue weighted by Gasteiger charge is -2.40. The molecule has 0 aromatic heterocycles. The van der Waals surface area contributed by atoms with Crippen LogP contribution in [0.15, 0.2) is 48.6 Å². The summed E-state index contributed by atoms with van der Waals surface area (Å²) < 4.78 is 28.5. The molecule has 0 aromatic carbocycles. The van der Waals surface area contributed by atoms with Gasteiger partial charge in [0.2, 0.25) is 0 Å². The van der Waals surface area contributed by atoms with Gasteiger partial charge in [0.05, 0.1) is 6.61 Å². The van der Waals surface area contributed by atoms with Gasteiger partial charge in [0, 0.05) is 19.3 Å². The van der Waals surface area contributed by atoms with Gasteiger partial charge < -0.3 is 39.0 Å². The van der Waals surface area contributed by atoms with E-state index in [9.17, 15) is 34.5 Å². The third-order valence-electron chi connectivity index (χ3n) is 14.4. The lowest BCUT2D eigenvalue weighted by molar-refractivity contribution is -0.301. The van der Waals surface area contributed by atoms with Gasteiger partial charge >= 0.3 is 23.9 Å². The molecule has 6 unspecified atom stereocenters. The zero-order chi connectivity index (χ0) is 56.1. The summed E-state index contributed by atoms with van der Waals surface area (Å²) in [7, 11) is 0. The highest BCUT2D eigenvalue weighted by Gasteiger charge is 2.50. The highest BCUT2D eigenvalue weighted by Crippen LogP contribution is 2.27. The Kier molecular flexibility index (Phi) is 49.7. The third-order valence-corrected chi connectivity index (χ3v) is 14.4. The predicted molar refractivity (Wildman–Crippen MR) is 312 cm³/mol. The number of unbranched alkanes of at least 4 members (excludes halogenated alkanes) is 32. The van der Waals surface area contributed by atoms with Gasteiger partial charge in [-0.15, -0.1) is 0 Å². The van der Waals surface area contributed by atoms with Crippen LogP contribution in [0.1, 0.15) is 290 Å². The molecule has 1 fully saturated rings. The zero-order valence-corrected chi connectivity index (χ0v) is 49.2. The molecule has 1 heterocycles. The van der Waals surface area contributed by atoms with Gasteiger partial charge in [0.15, 0.2) is 24.6 Å². The van der Waals surface area contributed by atoms with Crippen LogP contribution in [-0.4, -0.2) is 89.2 Å². The molecule has 12 heteroatoms. The van der Waals surface area contributed by atoms with Crippen LogP contribution in [0.25, 0.3) is 0 Å². The average Bonchev–Trinajstić information content (AvgIpc) is 3.42. The highest BCUT2D eigenvalue weighted by atomic mass is 16.7. The number of ether oxygens (including phenoxy) is 5. The molecule has 0 spiro atoms. The Morgan fingerprint density at radius 2 is 0.779 bits per heavy atom. The minimum atomic E-state index is -1.91. The Morgan fingerprint density at radius 1 is 0.429 bits per heavy atom. The summed E-state index contributed by atoms with van der Waals surface area (Å²) in [5, 5.41) is 31.5. The molecular formula is C65H114O12. The summed E-state index contributed by atoms with van der Waals surface area (Å²) in [6, 6.07) is 0. The molecule has 12 nitrogen and oxygen atoms in total. The molecule has 0 amide bonds. The number of aliphatic hydroxyl groups is 2. The first-order valence-corrected chi connectivity index (χ1v) is 31.6. The monoisotopic (exact) mass is 1090 g/mol. The lowest BCUT2D eigenvalue weighted by atomic mass is 9.98. The van der Waals surface area contributed by atoms with E-state index in [0.717, 1.165) is 116 Å². The maximum Gasteiger partial charge on any atom is 0.335 e. The minimum Gasteiger partial charge on any atom is -0.479 e. The van der Waals surface area contributed by atoms with Gasteiger partial charge in [-0.05, 0) is 83.5 Å². The van der Waals surface area contributed by atoms with Crippen LogP contribution in [0.2, 0.25) is 0 Å². The Morgan fingerprint density at radius 3 is 1.19 bits per heavy atom. The smallest absolute Gasteiger partial charge is 0.335 e. The molecule has 0 bridgehead atoms. The fourth-order valence-electron chi connectivity index (χ4n) is 9.49. The standard InChI is InChI=1S/C65H114O12/c1-4-7-10-13-16-19-22-25-27-29-31-34-36-39-42-45-48-51-57(66)73-54-56(75-58(67)52-49-46-43-40-37-33-24-21-18-15-12-9-6-3)55-74-65-63(61(70)60(69)62(77-65)64(71)72)76-59(68)53-50-47-44-41-38-35-32-30-28-26-23-20-17-14-11-8-5-2/h16-17,19-20,25-28,56,60-63,65,69-70H,4-15,18,21-24,29-55H2,1-3H3,(H,71,72)/b19-16-,20-17-,27-25-,28-26-. The van der Waals surface area contributed by atoms with Crippen LogP contribution >= 0.6 is 0 Å². The maximum absolute atomic E-state index is 13.2. The van der Waals surface area contributed by atoms with Crippen molar-refractivity contribution in [3.8, 4) is 0 Å². The van der Waals surface area contributed by atoms with E-state index in [-0.39, 0.29) is 25.9 Å². The van der Waals surface area contributed by atoms with Gasteiger partial charge in [-0.1, -0.05) is 236 Å². The molecule has 0 aliphatic carbocycles. The maximum atomic E-state index is 13.2. The summed E-state index contributed by atoms with van der Waals surface area (Å²) in [4.78, 5) is 51.2. The molecule has 446 valence electrons. The van der Waals surface area contributed by atoms with Crippen LogP contribution in [0.3, 0.4) is 0 Å². The van der Waals surface area contributed by atoms with E-state index in [1.807, 2.05) is 0 Å². The van der Waals surface area contributed by atoms with Crippen LogP contribution in [-0.2, 0) is 42.9 Å². The van der Waals surface area contributed by atoms with Gasteiger partial charge in [0.25, 0.3) is 0 Å². The van der Waals surface area contributed by atoms with Crippen molar-refractivity contribution < 1.29 is 58.2 Å². The zero-order valence-electron chi connectivity index (χ0n) is 49.2. The van der Waals surface area contributed by atoms with Crippen molar-refractivity contribution in [3.05, 3.63) is 48.6 Å². The van der Waals surface area contributed by atoms with E-state index in [4.69, 9.17) is 23.7 Å². The molecule has 1 aliphatic rings. The molecule has 6 atom stereocenters. The van der Waals surface area contributed by atoms with Crippen LogP contribution in [0.4, 0.5) is 0 Å². The highest BCUT2D eigenvalue weighted by molar-refractivity contribution is 5.74. The fourth-order valence-corrected chi connectivity index (χ4v) is 9.49. The van der Waals surface area contributed by atoms with E-state index in [1.165, 1.54) is 116 Å². The number of carboxylic acid groups (broad SMARTS) is 1. The number of carboxylic acids is 1. The van der Waals surface area contributed by atoms with Crippen molar-refractivity contribution in [3.63, 3.8) is 0 Å². The van der Waals surface area contributed by atoms with Crippen molar-refractivity contribution in [2.45, 2.75) is 327 Å². The fraction of sp³-hybridized carbons (Fsp3) is 0.815. The topological polar surface area (TPSA) is 175 Å². The second-order valence-corrected chi connectivity index (χ2v) is 21.7. The second kappa shape index (κ2) is 53.3. The van der Waals surface area contributed by atoms with Crippen LogP contribution in [0.5, 0.6) is 0 Å². The minimum absolute atomic E-state index is 0.0528. The molecule has 1 aliphatic heterocycles. The number of aliphatic carboxylic acids is 1. The van der Waals surface area contributed by atoms with Gasteiger partial charge in [-0.3, -0.25) is 14.4 Å². The molecule has 1 saturated heterocycles. The number of hydrogen-bond donors (Lipinski definition) is 3. The molecule has 3 N–H and O–H groups in total. The summed E-state index contributed by atoms with van der Waals surface area (Å²) in [5.41, 5.74) is 0. The summed E-state index contributed by atoms with van der Waals surface area (Å²) >= 11 is 0. The number of allylic oxidation sites excluding steroid dienone is 8. The lowest BCUT2D eigenvalue weighted by Crippen LogP contribution is -2.61. The number of rotatable bonds is 54. The SMILES string of the molecule is CCCCC/C=C\C/C=C\CCCCCCCCCC(=O)OCC(COC1OC(C(=O)O)C(O)C(O)C1OC(=O)CCCCCCCCC/C=C\C/C=C\CCCCC)OC(=O)CCCCCCCCCCCCCCC. The Bertz CT molecular complexity index is 1520. The van der Waals surface area contributed by atoms with E-state index in [0.29, 0.717) is 19.3 Å². The van der Waals surface area contributed by atoms with Crippen molar-refractivity contribution in [2.24, 2.45) is 0 Å². The number of aliphatic hydroxyl groups excluding tert-OH is 2. The largest absolute Gasteiger partial charge is 0.479 e. The van der Waals surface area contributed by atoms with Crippen LogP contribution in [0, 0.1) is 0 Å². The van der Waals surface area contributed by atoms with Crippen molar-refractivity contribution in [1.82, 2.24) is 0 Å². The average molecular weight is 1090 g/mol. The van der Waals surface area contributed by atoms with E-state index in [1.54, 1.807) is 0 Å². The van der Waals surface area contributed by atoms with E-state index in [2.05, 4.69) is 69.4 Å². The first kappa shape index (κ1) is 71.7. The van der Waals surface area contributed by atoms with E-state index >= 15 is 0 Å². The van der Waals surface area contributed by atoms with Crippen molar-refractivity contribution in [1.29, 1.82) is 0 Å². The number of carbonyl (C=O) groups is 4. The number of esters is 3. The number of carbonyl (C=O) groups excluding carboxylic acids is 3. The summed E-state index contributed by atoms with van der Waals surface area (Å²) in [6.45, 7) is 5.96. The summed E-state index contributed by atoms with van der Waals surface area (Å²) in [6.07, 6.45) is 52.1. The Labute approximate surface area is 469 Å². The Balaban J connectivity index is 2.66. The Hall–Kier alpha value is -3.32. The van der Waals surface area contributed by atoms with Crippen molar-refractivity contribution >= 4 is 23.9 Å². The molecule has 1 rings (SSSR count). The molecule has 0 aromatic rings. The molecule has 0 radical (unpaired) electrons. The molecule has 77 heavy (non-hydrogen) atoms. The second-order valence-electron chi connectivity index (χ2n) is 21.7. The normalized spacial score (nSPS) is 18.3. The van der Waals surface area contributed by atoms with Crippen molar-refractivity contribution in [2.75, 3.05) is 13.2 Å². The van der Waals surface area contributed by atoms with E-state index < -0.39 is 67.3 Å². The third kappa shape index (κ3) is 43.2. The first-order chi connectivity index (χ1) is 37.6.